The second-order valence-corrected chi connectivity index (χ2v) is 3.47. The Morgan fingerprint density at radius 2 is 2.54 bits per heavy atom. The van der Waals surface area contributed by atoms with Gasteiger partial charge in [-0.1, -0.05) is 16.9 Å². The molecule has 0 aliphatic carbocycles. The van der Waals surface area contributed by atoms with Crippen molar-refractivity contribution in [2.45, 2.75) is 17.8 Å². The number of thioether (sulfide) groups is 1. The third-order valence-corrected chi connectivity index (χ3v) is 2.34. The topological polar surface area (TPSA) is 67.6 Å². The molecule has 2 rings (SSSR count). The highest BCUT2D eigenvalue weighted by Crippen LogP contribution is 2.17. The van der Waals surface area contributed by atoms with E-state index in [-0.39, 0.29) is 0 Å². The molecule has 0 saturated carbocycles. The van der Waals surface area contributed by atoms with Gasteiger partial charge in [-0.15, -0.1) is 0 Å². The summed E-state index contributed by atoms with van der Waals surface area (Å²) >= 11 is 1.54. The third kappa shape index (κ3) is 2.09. The molecule has 0 amide bonds. The summed E-state index contributed by atoms with van der Waals surface area (Å²) in [5.74, 6) is 1.57. The van der Waals surface area contributed by atoms with E-state index < -0.39 is 0 Å². The summed E-state index contributed by atoms with van der Waals surface area (Å²) < 4.78 is 4.92. The Kier molecular flexibility index (Phi) is 2.31. The van der Waals surface area contributed by atoms with Crippen molar-refractivity contribution in [2.75, 3.05) is 0 Å². The zero-order valence-corrected chi connectivity index (χ0v) is 7.84. The quantitative estimate of drug-likeness (QED) is 0.751. The standard InChI is InChI=1S/C7H8N4OS/c1-5-2-6(11-12-5)3-13-7-8-4-9-10-7/h2,4H,3H2,1H3,(H,8,9,10). The van der Waals surface area contributed by atoms with Crippen LogP contribution in [0.2, 0.25) is 0 Å². The summed E-state index contributed by atoms with van der Waals surface area (Å²) in [6.07, 6.45) is 1.48. The first-order chi connectivity index (χ1) is 6.34. The molecule has 5 nitrogen and oxygen atoms in total. The van der Waals surface area contributed by atoms with E-state index in [0.717, 1.165) is 22.4 Å². The molecule has 6 heteroatoms. The molecule has 68 valence electrons. The second kappa shape index (κ2) is 3.61. The van der Waals surface area contributed by atoms with Gasteiger partial charge in [0.1, 0.15) is 12.1 Å². The fourth-order valence-electron chi connectivity index (χ4n) is 0.892. The van der Waals surface area contributed by atoms with Crippen molar-refractivity contribution in [1.82, 2.24) is 20.3 Å². The fraction of sp³-hybridized carbons (Fsp3) is 0.286. The maximum absolute atomic E-state index is 4.92. The summed E-state index contributed by atoms with van der Waals surface area (Å²) in [4.78, 5) is 3.98. The molecule has 0 radical (unpaired) electrons. The Morgan fingerprint density at radius 3 is 3.15 bits per heavy atom. The van der Waals surface area contributed by atoms with Gasteiger partial charge in [-0.25, -0.2) is 4.98 Å². The van der Waals surface area contributed by atoms with Crippen LogP contribution in [0, 0.1) is 6.92 Å². The largest absolute Gasteiger partial charge is 0.361 e. The van der Waals surface area contributed by atoms with E-state index in [2.05, 4.69) is 20.3 Å². The number of nitrogens with one attached hydrogen (secondary N) is 1. The lowest BCUT2D eigenvalue weighted by atomic mass is 10.4. The minimum atomic E-state index is 0.743. The molecule has 0 fully saturated rings. The number of aryl methyl sites for hydroxylation is 1. The predicted octanol–water partition coefficient (Wildman–Crippen LogP) is 1.39. The van der Waals surface area contributed by atoms with Gasteiger partial charge in [-0.3, -0.25) is 5.10 Å². The molecular formula is C7H8N4OS. The molecule has 1 N–H and O–H groups in total. The van der Waals surface area contributed by atoms with Crippen molar-refractivity contribution >= 4 is 11.8 Å². The van der Waals surface area contributed by atoms with E-state index in [1.165, 1.54) is 6.33 Å². The second-order valence-electron chi connectivity index (χ2n) is 2.51. The van der Waals surface area contributed by atoms with Crippen LogP contribution in [0.4, 0.5) is 0 Å². The summed E-state index contributed by atoms with van der Waals surface area (Å²) in [5, 5.41) is 11.1. The molecule has 0 bridgehead atoms. The zero-order valence-electron chi connectivity index (χ0n) is 7.02. The number of hydrogen-bond donors (Lipinski definition) is 1. The molecule has 0 spiro atoms. The van der Waals surface area contributed by atoms with Crippen molar-refractivity contribution in [3.63, 3.8) is 0 Å². The van der Waals surface area contributed by atoms with Gasteiger partial charge < -0.3 is 4.52 Å². The van der Waals surface area contributed by atoms with Crippen molar-refractivity contribution in [2.24, 2.45) is 0 Å². The Bertz CT molecular complexity index is 370. The number of H-pyrrole nitrogens is 1. The molecule has 2 heterocycles. The first-order valence-electron chi connectivity index (χ1n) is 3.75. The lowest BCUT2D eigenvalue weighted by Crippen LogP contribution is -1.80. The number of aromatic amines is 1. The highest BCUT2D eigenvalue weighted by Gasteiger charge is 2.02. The SMILES string of the molecule is Cc1cc(CSc2ncn[nH]2)no1. The van der Waals surface area contributed by atoms with Crippen molar-refractivity contribution < 1.29 is 4.52 Å². The summed E-state index contributed by atoms with van der Waals surface area (Å²) in [6.45, 7) is 1.87. The highest BCUT2D eigenvalue weighted by molar-refractivity contribution is 7.98. The van der Waals surface area contributed by atoms with Crippen LogP contribution < -0.4 is 0 Å². The molecule has 0 saturated heterocycles. The number of nitrogens with zero attached hydrogens (tertiary/aromatic N) is 3. The molecule has 0 unspecified atom stereocenters. The Labute approximate surface area is 78.9 Å². The molecule has 0 atom stereocenters. The Balaban J connectivity index is 1.93. The lowest BCUT2D eigenvalue weighted by Gasteiger charge is -1.90. The first kappa shape index (κ1) is 8.31. The molecule has 0 aliphatic heterocycles. The minimum absolute atomic E-state index is 0.743. The highest BCUT2D eigenvalue weighted by atomic mass is 32.2. The Morgan fingerprint density at radius 1 is 1.62 bits per heavy atom. The molecule has 0 aromatic carbocycles. The summed E-state index contributed by atoms with van der Waals surface area (Å²) in [5.41, 5.74) is 0.916. The molecule has 2 aromatic heterocycles. The smallest absolute Gasteiger partial charge is 0.183 e. The van der Waals surface area contributed by atoms with Crippen molar-refractivity contribution in [3.8, 4) is 0 Å². The average Bonchev–Trinajstić information content (AvgIpc) is 2.71. The van der Waals surface area contributed by atoms with Crippen LogP contribution >= 0.6 is 11.8 Å². The zero-order chi connectivity index (χ0) is 9.10. The van der Waals surface area contributed by atoms with Crippen LogP contribution in [0.25, 0.3) is 0 Å². The fourth-order valence-corrected chi connectivity index (χ4v) is 1.55. The normalized spacial score (nSPS) is 10.5. The average molecular weight is 196 g/mol. The van der Waals surface area contributed by atoms with Crippen LogP contribution in [0.5, 0.6) is 0 Å². The minimum Gasteiger partial charge on any atom is -0.361 e. The number of aromatic nitrogens is 4. The van der Waals surface area contributed by atoms with E-state index >= 15 is 0 Å². The predicted molar refractivity (Wildman–Crippen MR) is 47.2 cm³/mol. The molecule has 0 aliphatic rings. The van der Waals surface area contributed by atoms with Gasteiger partial charge in [0.15, 0.2) is 5.16 Å². The first-order valence-corrected chi connectivity index (χ1v) is 4.73. The van der Waals surface area contributed by atoms with Crippen LogP contribution in [-0.4, -0.2) is 20.3 Å². The van der Waals surface area contributed by atoms with Crippen molar-refractivity contribution in [1.29, 1.82) is 0 Å². The van der Waals surface area contributed by atoms with Gasteiger partial charge in [-0.2, -0.15) is 5.10 Å². The maximum atomic E-state index is 4.92. The van der Waals surface area contributed by atoms with Gasteiger partial charge in [0.25, 0.3) is 0 Å². The molecular weight excluding hydrogens is 188 g/mol. The Hall–Kier alpha value is -1.30. The maximum Gasteiger partial charge on any atom is 0.183 e. The van der Waals surface area contributed by atoms with Gasteiger partial charge in [0, 0.05) is 11.8 Å². The van der Waals surface area contributed by atoms with E-state index in [9.17, 15) is 0 Å². The van der Waals surface area contributed by atoms with Crippen LogP contribution in [0.1, 0.15) is 11.5 Å². The monoisotopic (exact) mass is 196 g/mol. The van der Waals surface area contributed by atoms with E-state index in [1.807, 2.05) is 13.0 Å². The third-order valence-electron chi connectivity index (χ3n) is 1.43. The van der Waals surface area contributed by atoms with Gasteiger partial charge >= 0.3 is 0 Å². The van der Waals surface area contributed by atoms with Gasteiger partial charge in [0.2, 0.25) is 0 Å². The molecule has 13 heavy (non-hydrogen) atoms. The number of rotatable bonds is 3. The van der Waals surface area contributed by atoms with E-state index in [0.29, 0.717) is 0 Å². The summed E-state index contributed by atoms with van der Waals surface area (Å²) in [7, 11) is 0. The van der Waals surface area contributed by atoms with E-state index in [4.69, 9.17) is 4.52 Å². The lowest BCUT2D eigenvalue weighted by molar-refractivity contribution is 0.393. The van der Waals surface area contributed by atoms with Gasteiger partial charge in [-0.05, 0) is 6.92 Å². The van der Waals surface area contributed by atoms with Crippen LogP contribution in [0.3, 0.4) is 0 Å². The van der Waals surface area contributed by atoms with Crippen molar-refractivity contribution in [3.05, 3.63) is 23.8 Å². The van der Waals surface area contributed by atoms with Crippen LogP contribution in [0.15, 0.2) is 22.1 Å². The van der Waals surface area contributed by atoms with Crippen LogP contribution in [-0.2, 0) is 5.75 Å². The molecule has 2 aromatic rings. The summed E-state index contributed by atoms with van der Waals surface area (Å²) in [6, 6.07) is 1.91. The number of hydrogen-bond acceptors (Lipinski definition) is 5. The van der Waals surface area contributed by atoms with E-state index in [1.54, 1.807) is 11.8 Å². The van der Waals surface area contributed by atoms with Gasteiger partial charge in [0.05, 0.1) is 5.69 Å².